The minimum absolute atomic E-state index is 0.0721. The van der Waals surface area contributed by atoms with Gasteiger partial charge < -0.3 is 10.6 Å². The molecule has 0 aliphatic heterocycles. The molecule has 0 saturated heterocycles. The lowest BCUT2D eigenvalue weighted by Gasteiger charge is -2.23. The van der Waals surface area contributed by atoms with Gasteiger partial charge in [0.15, 0.2) is 0 Å². The Hall–Kier alpha value is 1.24. The van der Waals surface area contributed by atoms with Gasteiger partial charge in [-0.2, -0.15) is 0 Å². The van der Waals surface area contributed by atoms with Crippen molar-refractivity contribution in [3.05, 3.63) is 0 Å². The third-order valence-corrected chi connectivity index (χ3v) is 4.73. The largest absolute Gasteiger partial charge is 0.353 e. The molecule has 0 bridgehead atoms. The Labute approximate surface area is 136 Å². The number of thioether (sulfide) groups is 1. The van der Waals surface area contributed by atoms with Gasteiger partial charge in [-0.3, -0.25) is 4.79 Å². The highest BCUT2D eigenvalue weighted by Gasteiger charge is 2.22. The van der Waals surface area contributed by atoms with Crippen LogP contribution in [0.5, 0.6) is 0 Å². The van der Waals surface area contributed by atoms with Crippen LogP contribution in [0.15, 0.2) is 0 Å². The van der Waals surface area contributed by atoms with E-state index in [-0.39, 0.29) is 18.1 Å². The van der Waals surface area contributed by atoms with E-state index in [4.69, 9.17) is 0 Å². The maximum Gasteiger partial charge on any atom is 0.247 e. The molecule has 1 atom stereocenters. The molecule has 102 valence electrons. The normalized spacial score (nSPS) is 14.5. The van der Waals surface area contributed by atoms with Crippen LogP contribution in [-0.4, -0.2) is 37.5 Å². The Kier molecular flexibility index (Phi) is 8.30. The molecular weight excluding hydrogens is 462 g/mol. The van der Waals surface area contributed by atoms with Crippen LogP contribution in [0.3, 0.4) is 0 Å². The fourth-order valence-electron chi connectivity index (χ4n) is 0.962. The first-order valence-corrected chi connectivity index (χ1v) is 8.70. The predicted molar refractivity (Wildman–Crippen MR) is 94.5 cm³/mol. The standard InChI is InChI=1S/C11H22I2N2OS/c1-10(2,12)6-15-8(16)9(14-5)17-7-11(3,4)13/h9,14H,6-7H2,1-5H3,(H,15,16). The van der Waals surface area contributed by atoms with Crippen LogP contribution in [0.2, 0.25) is 0 Å². The highest BCUT2D eigenvalue weighted by atomic mass is 127. The molecule has 6 heteroatoms. The van der Waals surface area contributed by atoms with Gasteiger partial charge in [0.2, 0.25) is 5.91 Å². The molecule has 0 aromatic rings. The van der Waals surface area contributed by atoms with Crippen molar-refractivity contribution >= 4 is 62.9 Å². The maximum absolute atomic E-state index is 11.9. The third kappa shape index (κ3) is 10.8. The van der Waals surface area contributed by atoms with E-state index in [1.54, 1.807) is 11.8 Å². The molecule has 0 heterocycles. The van der Waals surface area contributed by atoms with E-state index in [1.165, 1.54) is 0 Å². The van der Waals surface area contributed by atoms with E-state index in [1.807, 2.05) is 7.05 Å². The van der Waals surface area contributed by atoms with Crippen molar-refractivity contribution in [2.45, 2.75) is 39.9 Å². The molecule has 0 aliphatic carbocycles. The third-order valence-electron chi connectivity index (χ3n) is 1.78. The van der Waals surface area contributed by atoms with Crippen LogP contribution in [0.25, 0.3) is 0 Å². The number of alkyl halides is 2. The number of hydrogen-bond acceptors (Lipinski definition) is 3. The molecule has 1 amide bonds. The minimum Gasteiger partial charge on any atom is -0.353 e. The van der Waals surface area contributed by atoms with Gasteiger partial charge in [0.1, 0.15) is 5.37 Å². The first-order valence-electron chi connectivity index (χ1n) is 5.49. The Balaban J connectivity index is 4.14. The van der Waals surface area contributed by atoms with Crippen LogP contribution in [0, 0.1) is 0 Å². The molecule has 1 unspecified atom stereocenters. The van der Waals surface area contributed by atoms with Crippen molar-refractivity contribution in [3.63, 3.8) is 0 Å². The number of amides is 1. The summed E-state index contributed by atoms with van der Waals surface area (Å²) >= 11 is 6.39. The average Bonchev–Trinajstić information content (AvgIpc) is 2.12. The first-order chi connectivity index (χ1) is 7.55. The van der Waals surface area contributed by atoms with E-state index in [0.29, 0.717) is 6.54 Å². The van der Waals surface area contributed by atoms with Crippen LogP contribution in [0.1, 0.15) is 27.7 Å². The van der Waals surface area contributed by atoms with Crippen LogP contribution >= 0.6 is 56.9 Å². The van der Waals surface area contributed by atoms with Crippen LogP contribution in [-0.2, 0) is 4.79 Å². The topological polar surface area (TPSA) is 41.1 Å². The highest BCUT2D eigenvalue weighted by Crippen LogP contribution is 2.24. The van der Waals surface area contributed by atoms with Crippen molar-refractivity contribution in [1.29, 1.82) is 0 Å². The molecule has 0 spiro atoms. The molecule has 0 saturated carbocycles. The van der Waals surface area contributed by atoms with Gasteiger partial charge in [-0.15, -0.1) is 11.8 Å². The first kappa shape index (κ1) is 18.2. The maximum atomic E-state index is 11.9. The second kappa shape index (κ2) is 7.74. The van der Waals surface area contributed by atoms with Gasteiger partial charge in [0.05, 0.1) is 0 Å². The molecule has 2 N–H and O–H groups in total. The van der Waals surface area contributed by atoms with Gasteiger partial charge in [-0.25, -0.2) is 0 Å². The lowest BCUT2D eigenvalue weighted by Crippen LogP contribution is -2.44. The van der Waals surface area contributed by atoms with Gasteiger partial charge in [-0.05, 0) is 20.9 Å². The zero-order valence-electron chi connectivity index (χ0n) is 11.1. The fourth-order valence-corrected chi connectivity index (χ4v) is 2.66. The number of carbonyl (C=O) groups is 1. The number of carbonyl (C=O) groups excluding carboxylic acids is 1. The summed E-state index contributed by atoms with van der Waals surface area (Å²) in [6.07, 6.45) is 0. The van der Waals surface area contributed by atoms with Crippen molar-refractivity contribution < 1.29 is 4.79 Å². The predicted octanol–water partition coefficient (Wildman–Crippen LogP) is 2.81. The summed E-state index contributed by atoms with van der Waals surface area (Å²) in [5.41, 5.74) is 0. The average molecular weight is 484 g/mol. The van der Waals surface area contributed by atoms with Crippen LogP contribution < -0.4 is 10.6 Å². The number of hydrogen-bond donors (Lipinski definition) is 2. The fraction of sp³-hybridized carbons (Fsp3) is 0.909. The summed E-state index contributed by atoms with van der Waals surface area (Å²) in [6, 6.07) is 0. The Morgan fingerprint density at radius 3 is 2.12 bits per heavy atom. The summed E-state index contributed by atoms with van der Waals surface area (Å²) < 4.78 is 0.305. The van der Waals surface area contributed by atoms with Gasteiger partial charge >= 0.3 is 0 Å². The molecule has 0 fully saturated rings. The summed E-state index contributed by atoms with van der Waals surface area (Å²) in [6.45, 7) is 9.23. The van der Waals surface area contributed by atoms with E-state index in [0.717, 1.165) is 5.75 Å². The second-order valence-corrected chi connectivity index (χ2v) is 12.1. The monoisotopic (exact) mass is 484 g/mol. The molecule has 0 radical (unpaired) electrons. The van der Waals surface area contributed by atoms with E-state index in [9.17, 15) is 4.79 Å². The molecule has 3 nitrogen and oxygen atoms in total. The zero-order valence-corrected chi connectivity index (χ0v) is 16.2. The van der Waals surface area contributed by atoms with Crippen molar-refractivity contribution in [3.8, 4) is 0 Å². The quantitative estimate of drug-likeness (QED) is 0.332. The van der Waals surface area contributed by atoms with E-state index < -0.39 is 0 Å². The molecule has 0 rings (SSSR count). The molecule has 17 heavy (non-hydrogen) atoms. The molecule has 0 aromatic carbocycles. The molecule has 0 aliphatic rings. The van der Waals surface area contributed by atoms with Gasteiger partial charge in [0.25, 0.3) is 0 Å². The lowest BCUT2D eigenvalue weighted by molar-refractivity contribution is -0.121. The number of nitrogens with one attached hydrogen (secondary N) is 2. The highest BCUT2D eigenvalue weighted by molar-refractivity contribution is 14.1. The zero-order chi connectivity index (χ0) is 13.7. The van der Waals surface area contributed by atoms with E-state index in [2.05, 4.69) is 83.5 Å². The SMILES string of the molecule is CNC(SCC(C)(C)I)C(=O)NCC(C)(C)I. The number of halogens is 2. The van der Waals surface area contributed by atoms with Gasteiger partial charge in [0, 0.05) is 19.1 Å². The molecular formula is C11H22I2N2OS. The number of likely N-dealkylation sites (N-methyl/N-ethyl adjacent to an activating group) is 1. The van der Waals surface area contributed by atoms with Crippen LogP contribution in [0.4, 0.5) is 0 Å². The number of rotatable bonds is 7. The van der Waals surface area contributed by atoms with Crippen molar-refractivity contribution in [2.24, 2.45) is 0 Å². The van der Waals surface area contributed by atoms with Gasteiger partial charge in [-0.1, -0.05) is 59.0 Å². The summed E-state index contributed by atoms with van der Waals surface area (Å²) in [4.78, 5) is 11.9. The summed E-state index contributed by atoms with van der Waals surface area (Å²) in [5.74, 6) is 1.02. The van der Waals surface area contributed by atoms with Crippen molar-refractivity contribution in [2.75, 3.05) is 19.3 Å². The Morgan fingerprint density at radius 2 is 1.76 bits per heavy atom. The lowest BCUT2D eigenvalue weighted by atomic mass is 10.2. The summed E-state index contributed by atoms with van der Waals surface area (Å²) in [7, 11) is 1.83. The second-order valence-electron chi connectivity index (χ2n) is 5.13. The molecule has 0 aromatic heterocycles. The smallest absolute Gasteiger partial charge is 0.247 e. The summed E-state index contributed by atoms with van der Waals surface area (Å²) in [5, 5.41) is 5.87. The minimum atomic E-state index is -0.164. The Morgan fingerprint density at radius 1 is 1.24 bits per heavy atom. The Bertz CT molecular complexity index is 249. The van der Waals surface area contributed by atoms with Crippen molar-refractivity contribution in [1.82, 2.24) is 10.6 Å². The van der Waals surface area contributed by atoms with E-state index >= 15 is 0 Å².